The van der Waals surface area contributed by atoms with Gasteiger partial charge < -0.3 is 10.0 Å². The first-order chi connectivity index (χ1) is 7.66. The van der Waals surface area contributed by atoms with Gasteiger partial charge >= 0.3 is 0 Å². The lowest BCUT2D eigenvalue weighted by Crippen LogP contribution is -2.40. The van der Waals surface area contributed by atoms with Crippen molar-refractivity contribution in [3.05, 3.63) is 0 Å². The monoisotopic (exact) mass is 224 g/mol. The Morgan fingerprint density at radius 1 is 1.25 bits per heavy atom. The number of rotatable bonds is 1. The maximum absolute atomic E-state index is 11.9. The van der Waals surface area contributed by atoms with Crippen LogP contribution in [0.25, 0.3) is 0 Å². The fourth-order valence-electron chi connectivity index (χ4n) is 3.67. The first-order valence-corrected chi connectivity index (χ1v) is 6.34. The Morgan fingerprint density at radius 3 is 2.69 bits per heavy atom. The van der Waals surface area contributed by atoms with Gasteiger partial charge in [0.1, 0.15) is 0 Å². The molecular weight excluding hydrogens is 204 g/mol. The molecule has 3 rings (SSSR count). The molecule has 1 amide bonds. The summed E-state index contributed by atoms with van der Waals surface area (Å²) in [5.74, 6) is 1.34. The number of aliphatic hydroxyl groups excluding tert-OH is 1. The SMILES string of the molecule is CN1CCC(N2CC3CCC(O)C3C2)C1=O. The second kappa shape index (κ2) is 3.70. The van der Waals surface area contributed by atoms with Gasteiger partial charge in [0.15, 0.2) is 0 Å². The number of nitrogens with zero attached hydrogens (tertiary/aromatic N) is 2. The molecule has 1 saturated carbocycles. The molecule has 0 aromatic heterocycles. The minimum absolute atomic E-state index is 0.0998. The number of hydrogen-bond acceptors (Lipinski definition) is 3. The molecule has 1 N–H and O–H groups in total. The Balaban J connectivity index is 1.68. The molecular formula is C12H20N2O2. The smallest absolute Gasteiger partial charge is 0.239 e. The van der Waals surface area contributed by atoms with E-state index in [0.717, 1.165) is 38.9 Å². The van der Waals surface area contributed by atoms with Crippen molar-refractivity contribution in [2.45, 2.75) is 31.4 Å². The summed E-state index contributed by atoms with van der Waals surface area (Å²) in [4.78, 5) is 16.1. The van der Waals surface area contributed by atoms with E-state index in [1.165, 1.54) is 0 Å². The molecule has 2 heterocycles. The molecule has 4 atom stereocenters. The standard InChI is InChI=1S/C12H20N2O2/c1-13-5-4-10(12(13)16)14-6-8-2-3-11(15)9(8)7-14/h8-11,15H,2-7H2,1H3. The molecule has 4 heteroatoms. The number of amides is 1. The van der Waals surface area contributed by atoms with Gasteiger partial charge in [0.25, 0.3) is 0 Å². The highest BCUT2D eigenvalue weighted by Crippen LogP contribution is 2.39. The summed E-state index contributed by atoms with van der Waals surface area (Å²) >= 11 is 0. The average molecular weight is 224 g/mol. The Hall–Kier alpha value is -0.610. The zero-order chi connectivity index (χ0) is 11.3. The number of carbonyl (C=O) groups excluding carboxylic acids is 1. The predicted octanol–water partition coefficient (Wildman–Crippen LogP) is -0.0802. The second-order valence-corrected chi connectivity index (χ2v) is 5.59. The molecule has 0 bridgehead atoms. The summed E-state index contributed by atoms with van der Waals surface area (Å²) < 4.78 is 0. The van der Waals surface area contributed by atoms with Crippen LogP contribution in [0.3, 0.4) is 0 Å². The van der Waals surface area contributed by atoms with Crippen LogP contribution in [0.1, 0.15) is 19.3 Å². The van der Waals surface area contributed by atoms with Crippen LogP contribution in [0.15, 0.2) is 0 Å². The van der Waals surface area contributed by atoms with Gasteiger partial charge in [0, 0.05) is 32.6 Å². The van der Waals surface area contributed by atoms with Crippen molar-refractivity contribution in [3.63, 3.8) is 0 Å². The fourth-order valence-corrected chi connectivity index (χ4v) is 3.67. The van der Waals surface area contributed by atoms with Crippen molar-refractivity contribution in [3.8, 4) is 0 Å². The highest BCUT2D eigenvalue weighted by Gasteiger charge is 2.46. The minimum atomic E-state index is -0.121. The first-order valence-electron chi connectivity index (χ1n) is 6.34. The van der Waals surface area contributed by atoms with Crippen LogP contribution >= 0.6 is 0 Å². The van der Waals surface area contributed by atoms with Crippen LogP contribution in [0, 0.1) is 11.8 Å². The largest absolute Gasteiger partial charge is 0.393 e. The van der Waals surface area contributed by atoms with Crippen molar-refractivity contribution in [1.29, 1.82) is 0 Å². The Morgan fingerprint density at radius 2 is 2.06 bits per heavy atom. The van der Waals surface area contributed by atoms with E-state index in [-0.39, 0.29) is 18.1 Å². The van der Waals surface area contributed by atoms with Gasteiger partial charge in [-0.3, -0.25) is 9.69 Å². The average Bonchev–Trinajstić information content (AvgIpc) is 2.88. The highest BCUT2D eigenvalue weighted by atomic mass is 16.3. The van der Waals surface area contributed by atoms with Gasteiger partial charge in [-0.05, 0) is 25.2 Å². The van der Waals surface area contributed by atoms with Gasteiger partial charge in [-0.25, -0.2) is 0 Å². The lowest BCUT2D eigenvalue weighted by atomic mass is 10.00. The van der Waals surface area contributed by atoms with E-state index in [0.29, 0.717) is 11.8 Å². The molecule has 2 aliphatic heterocycles. The van der Waals surface area contributed by atoms with E-state index in [4.69, 9.17) is 0 Å². The number of likely N-dealkylation sites (N-methyl/N-ethyl adjacent to an activating group) is 1. The van der Waals surface area contributed by atoms with Crippen LogP contribution in [0.5, 0.6) is 0 Å². The van der Waals surface area contributed by atoms with E-state index in [1.54, 1.807) is 0 Å². The molecule has 0 aromatic carbocycles. The third-order valence-corrected chi connectivity index (χ3v) is 4.69. The van der Waals surface area contributed by atoms with Crippen LogP contribution in [0.2, 0.25) is 0 Å². The summed E-state index contributed by atoms with van der Waals surface area (Å²) in [5, 5.41) is 9.86. The topological polar surface area (TPSA) is 43.8 Å². The van der Waals surface area contributed by atoms with E-state index < -0.39 is 0 Å². The number of hydrogen-bond donors (Lipinski definition) is 1. The lowest BCUT2D eigenvalue weighted by Gasteiger charge is -2.23. The zero-order valence-electron chi connectivity index (χ0n) is 9.80. The second-order valence-electron chi connectivity index (χ2n) is 5.59. The van der Waals surface area contributed by atoms with Crippen LogP contribution in [-0.2, 0) is 4.79 Å². The van der Waals surface area contributed by atoms with Crippen molar-refractivity contribution >= 4 is 5.91 Å². The molecule has 3 aliphatic rings. The Bertz CT molecular complexity index is 307. The van der Waals surface area contributed by atoms with Crippen LogP contribution in [-0.4, -0.2) is 59.6 Å². The molecule has 3 fully saturated rings. The third-order valence-electron chi connectivity index (χ3n) is 4.69. The molecule has 0 aromatic rings. The summed E-state index contributed by atoms with van der Waals surface area (Å²) in [6.45, 7) is 2.83. The summed E-state index contributed by atoms with van der Waals surface area (Å²) in [6, 6.07) is 0.0998. The van der Waals surface area contributed by atoms with Gasteiger partial charge in [0.05, 0.1) is 12.1 Å². The number of likely N-dealkylation sites (tertiary alicyclic amines) is 2. The van der Waals surface area contributed by atoms with Gasteiger partial charge in [-0.1, -0.05) is 0 Å². The summed E-state index contributed by atoms with van der Waals surface area (Å²) in [6.07, 6.45) is 2.94. The van der Waals surface area contributed by atoms with Crippen molar-refractivity contribution in [2.75, 3.05) is 26.7 Å². The number of fused-ring (bicyclic) bond motifs is 1. The first kappa shape index (κ1) is 10.5. The van der Waals surface area contributed by atoms with Gasteiger partial charge in [-0.2, -0.15) is 0 Å². The number of carbonyl (C=O) groups is 1. The molecule has 1 aliphatic carbocycles. The molecule has 4 nitrogen and oxygen atoms in total. The molecule has 2 saturated heterocycles. The lowest BCUT2D eigenvalue weighted by molar-refractivity contribution is -0.130. The van der Waals surface area contributed by atoms with Crippen LogP contribution in [0.4, 0.5) is 0 Å². The minimum Gasteiger partial charge on any atom is -0.393 e. The molecule has 16 heavy (non-hydrogen) atoms. The fraction of sp³-hybridized carbons (Fsp3) is 0.917. The quantitative estimate of drug-likeness (QED) is 0.677. The van der Waals surface area contributed by atoms with E-state index in [9.17, 15) is 9.90 Å². The van der Waals surface area contributed by atoms with E-state index in [1.807, 2.05) is 11.9 Å². The number of aliphatic hydroxyl groups is 1. The molecule has 0 radical (unpaired) electrons. The van der Waals surface area contributed by atoms with Crippen LogP contribution < -0.4 is 0 Å². The zero-order valence-corrected chi connectivity index (χ0v) is 9.80. The van der Waals surface area contributed by atoms with E-state index in [2.05, 4.69) is 4.90 Å². The molecule has 4 unspecified atom stereocenters. The molecule has 0 spiro atoms. The summed E-state index contributed by atoms with van der Waals surface area (Å²) in [7, 11) is 1.88. The van der Waals surface area contributed by atoms with Crippen molar-refractivity contribution < 1.29 is 9.90 Å². The highest BCUT2D eigenvalue weighted by molar-refractivity contribution is 5.83. The predicted molar refractivity (Wildman–Crippen MR) is 59.8 cm³/mol. The summed E-state index contributed by atoms with van der Waals surface area (Å²) in [5.41, 5.74) is 0. The molecule has 90 valence electrons. The Labute approximate surface area is 96.2 Å². The van der Waals surface area contributed by atoms with Gasteiger partial charge in [0.2, 0.25) is 5.91 Å². The van der Waals surface area contributed by atoms with Crippen molar-refractivity contribution in [1.82, 2.24) is 9.80 Å². The van der Waals surface area contributed by atoms with Gasteiger partial charge in [-0.15, -0.1) is 0 Å². The normalized spacial score (nSPS) is 44.4. The van der Waals surface area contributed by atoms with E-state index >= 15 is 0 Å². The Kier molecular flexibility index (Phi) is 2.44. The maximum Gasteiger partial charge on any atom is 0.239 e. The van der Waals surface area contributed by atoms with Crippen molar-refractivity contribution in [2.24, 2.45) is 11.8 Å². The maximum atomic E-state index is 11.9. The third kappa shape index (κ3) is 1.47.